The number of aliphatic carboxylic acids is 2. The summed E-state index contributed by atoms with van der Waals surface area (Å²) in [5.74, 6) is -0.0247. The molecule has 0 aliphatic carbocycles. The molecule has 0 aromatic heterocycles. The van der Waals surface area contributed by atoms with Gasteiger partial charge in [-0.05, 0) is 29.9 Å². The van der Waals surface area contributed by atoms with Crippen LogP contribution in [-0.4, -0.2) is 28.0 Å². The van der Waals surface area contributed by atoms with Crippen molar-refractivity contribution in [1.29, 1.82) is 0 Å². The van der Waals surface area contributed by atoms with E-state index in [0.29, 0.717) is 23.5 Å². The Labute approximate surface area is 113 Å². The number of hydrogen-bond donors (Lipinski definition) is 1. The molecule has 0 heterocycles. The van der Waals surface area contributed by atoms with Gasteiger partial charge in [-0.3, -0.25) is 4.79 Å². The molecule has 0 radical (unpaired) electrons. The molecule has 0 saturated carbocycles. The lowest BCUT2D eigenvalue weighted by molar-refractivity contribution is -0.305. The minimum absolute atomic E-state index is 0.423. The van der Waals surface area contributed by atoms with Crippen LogP contribution in [-0.2, 0) is 9.59 Å². The van der Waals surface area contributed by atoms with Gasteiger partial charge in [0.05, 0.1) is 0 Å². The zero-order valence-electron chi connectivity index (χ0n) is 11.5. The zero-order chi connectivity index (χ0) is 14.3. The van der Waals surface area contributed by atoms with Gasteiger partial charge in [-0.25, -0.2) is 0 Å². The van der Waals surface area contributed by atoms with E-state index in [9.17, 15) is 14.7 Å². The maximum absolute atomic E-state index is 10.8. The highest BCUT2D eigenvalue weighted by Gasteiger charge is 2.20. The number of carboxylic acids is 2. The first-order valence-electron chi connectivity index (χ1n) is 6.30. The molecule has 18 heavy (non-hydrogen) atoms. The Balaban J connectivity index is 4.06. The first-order chi connectivity index (χ1) is 8.25. The molecule has 0 aromatic carbocycles. The fourth-order valence-electron chi connectivity index (χ4n) is 1.69. The van der Waals surface area contributed by atoms with Crippen molar-refractivity contribution < 1.29 is 19.8 Å². The van der Waals surface area contributed by atoms with Crippen molar-refractivity contribution in [2.75, 3.05) is 5.75 Å². The van der Waals surface area contributed by atoms with Gasteiger partial charge in [0.15, 0.2) is 0 Å². The van der Waals surface area contributed by atoms with Crippen molar-refractivity contribution >= 4 is 23.7 Å². The standard InChI is InChI=1S/C13H24O4S/c1-8(2)10(4)9(3)5-6-18-11(13(16)17)7-12(14)15/h8-11H,5-7H2,1-4H3,(H,14,15)(H,16,17)/p-1. The lowest BCUT2D eigenvalue weighted by atomic mass is 9.85. The van der Waals surface area contributed by atoms with E-state index in [4.69, 9.17) is 5.11 Å². The molecule has 0 aliphatic heterocycles. The lowest BCUT2D eigenvalue weighted by Gasteiger charge is -2.23. The van der Waals surface area contributed by atoms with E-state index in [1.54, 1.807) is 0 Å². The van der Waals surface area contributed by atoms with E-state index in [-0.39, 0.29) is 0 Å². The molecule has 0 amide bonds. The summed E-state index contributed by atoms with van der Waals surface area (Å²) in [6.45, 7) is 8.69. The molecule has 0 aliphatic rings. The molecule has 1 N–H and O–H groups in total. The van der Waals surface area contributed by atoms with E-state index in [1.165, 1.54) is 11.8 Å². The fraction of sp³-hybridized carbons (Fsp3) is 0.846. The Bertz CT molecular complexity index is 278. The van der Waals surface area contributed by atoms with Gasteiger partial charge in [-0.15, -0.1) is 11.8 Å². The van der Waals surface area contributed by atoms with Gasteiger partial charge in [0.25, 0.3) is 0 Å². The molecule has 5 heteroatoms. The summed E-state index contributed by atoms with van der Waals surface area (Å²) in [5.41, 5.74) is 0. The number of rotatable bonds is 9. The minimum Gasteiger partial charge on any atom is -0.550 e. The van der Waals surface area contributed by atoms with Gasteiger partial charge >= 0.3 is 5.97 Å². The van der Waals surface area contributed by atoms with Crippen LogP contribution in [0.15, 0.2) is 0 Å². The maximum atomic E-state index is 10.8. The summed E-state index contributed by atoms with van der Waals surface area (Å²) in [6, 6.07) is 0. The monoisotopic (exact) mass is 275 g/mol. The predicted molar refractivity (Wildman–Crippen MR) is 71.3 cm³/mol. The van der Waals surface area contributed by atoms with Crippen molar-refractivity contribution in [3.05, 3.63) is 0 Å². The van der Waals surface area contributed by atoms with E-state index in [1.807, 2.05) is 0 Å². The summed E-state index contributed by atoms with van der Waals surface area (Å²) >= 11 is 1.20. The highest BCUT2D eigenvalue weighted by atomic mass is 32.2. The topological polar surface area (TPSA) is 77.4 Å². The third kappa shape index (κ3) is 6.89. The quantitative estimate of drug-likeness (QED) is 0.692. The maximum Gasteiger partial charge on any atom is 0.316 e. The van der Waals surface area contributed by atoms with Crippen LogP contribution >= 0.6 is 11.8 Å². The highest BCUT2D eigenvalue weighted by Crippen LogP contribution is 2.26. The van der Waals surface area contributed by atoms with Crippen molar-refractivity contribution in [2.24, 2.45) is 17.8 Å². The van der Waals surface area contributed by atoms with Crippen molar-refractivity contribution in [1.82, 2.24) is 0 Å². The molecule has 3 unspecified atom stereocenters. The van der Waals surface area contributed by atoms with Gasteiger partial charge in [0.1, 0.15) is 5.25 Å². The summed E-state index contributed by atoms with van der Waals surface area (Å²) in [6.07, 6.45) is 0.481. The van der Waals surface area contributed by atoms with E-state index < -0.39 is 23.6 Å². The van der Waals surface area contributed by atoms with Crippen LogP contribution in [0.4, 0.5) is 0 Å². The minimum atomic E-state index is -1.31. The molecule has 0 aromatic rings. The molecule has 0 rings (SSSR count). The van der Waals surface area contributed by atoms with Crippen LogP contribution in [0.3, 0.4) is 0 Å². The SMILES string of the molecule is CC(C)C(C)C(C)CCSC(CC(=O)[O-])C(=O)O. The molecular weight excluding hydrogens is 252 g/mol. The Hall–Kier alpha value is -0.710. The normalized spacial score (nSPS) is 16.3. The van der Waals surface area contributed by atoms with Crippen LogP contribution < -0.4 is 5.11 Å². The molecule has 0 spiro atoms. The molecular formula is C13H23O4S-. The van der Waals surface area contributed by atoms with Gasteiger partial charge in [-0.2, -0.15) is 0 Å². The number of carbonyl (C=O) groups is 2. The van der Waals surface area contributed by atoms with Crippen LogP contribution in [0.25, 0.3) is 0 Å². The molecule has 0 fully saturated rings. The molecule has 0 saturated heterocycles. The number of hydrogen-bond acceptors (Lipinski definition) is 4. The van der Waals surface area contributed by atoms with Crippen LogP contribution in [0, 0.1) is 17.8 Å². The molecule has 106 valence electrons. The summed E-state index contributed by atoms with van der Waals surface area (Å²) in [7, 11) is 0. The second kappa shape index (κ2) is 8.40. The Kier molecular flexibility index (Phi) is 8.07. The third-order valence-corrected chi connectivity index (χ3v) is 4.71. The van der Waals surface area contributed by atoms with Gasteiger partial charge in [0.2, 0.25) is 0 Å². The smallest absolute Gasteiger partial charge is 0.316 e. The summed E-state index contributed by atoms with van der Waals surface area (Å²) in [4.78, 5) is 21.3. The van der Waals surface area contributed by atoms with Crippen molar-refractivity contribution in [3.8, 4) is 0 Å². The number of thioether (sulfide) groups is 1. The first-order valence-corrected chi connectivity index (χ1v) is 7.34. The zero-order valence-corrected chi connectivity index (χ0v) is 12.3. The van der Waals surface area contributed by atoms with Crippen LogP contribution in [0.5, 0.6) is 0 Å². The van der Waals surface area contributed by atoms with Gasteiger partial charge < -0.3 is 15.0 Å². The second-order valence-electron chi connectivity index (χ2n) is 5.14. The average molecular weight is 275 g/mol. The Morgan fingerprint density at radius 1 is 1.22 bits per heavy atom. The molecule has 0 bridgehead atoms. The summed E-state index contributed by atoms with van der Waals surface area (Å²) in [5, 5.41) is 18.4. The van der Waals surface area contributed by atoms with Gasteiger partial charge in [-0.1, -0.05) is 27.7 Å². The molecule has 4 nitrogen and oxygen atoms in total. The first kappa shape index (κ1) is 17.3. The largest absolute Gasteiger partial charge is 0.550 e. The number of carboxylic acid groups (broad SMARTS) is 2. The summed E-state index contributed by atoms with van der Waals surface area (Å²) < 4.78 is 0. The lowest BCUT2D eigenvalue weighted by Crippen LogP contribution is -2.30. The van der Waals surface area contributed by atoms with Crippen LogP contribution in [0.1, 0.15) is 40.5 Å². The third-order valence-electron chi connectivity index (χ3n) is 3.47. The Morgan fingerprint density at radius 3 is 2.17 bits per heavy atom. The van der Waals surface area contributed by atoms with E-state index >= 15 is 0 Å². The Morgan fingerprint density at radius 2 is 1.78 bits per heavy atom. The van der Waals surface area contributed by atoms with E-state index in [0.717, 1.165) is 6.42 Å². The molecule has 3 atom stereocenters. The predicted octanol–water partition coefficient (Wildman–Crippen LogP) is 1.63. The average Bonchev–Trinajstić information content (AvgIpc) is 2.25. The highest BCUT2D eigenvalue weighted by molar-refractivity contribution is 8.00. The fourth-order valence-corrected chi connectivity index (χ4v) is 2.87. The number of carbonyl (C=O) groups excluding carboxylic acids is 1. The van der Waals surface area contributed by atoms with Crippen LogP contribution in [0.2, 0.25) is 0 Å². The van der Waals surface area contributed by atoms with Crippen molar-refractivity contribution in [2.45, 2.75) is 45.8 Å². The van der Waals surface area contributed by atoms with E-state index in [2.05, 4.69) is 27.7 Å². The van der Waals surface area contributed by atoms with Crippen molar-refractivity contribution in [3.63, 3.8) is 0 Å². The van der Waals surface area contributed by atoms with Gasteiger partial charge in [0, 0.05) is 12.4 Å². The second-order valence-corrected chi connectivity index (χ2v) is 6.45.